The summed E-state index contributed by atoms with van der Waals surface area (Å²) in [5, 5.41) is 3.29. The summed E-state index contributed by atoms with van der Waals surface area (Å²) in [6.45, 7) is 4.55. The molecule has 0 aliphatic rings. The third-order valence-electron chi connectivity index (χ3n) is 5.09. The van der Waals surface area contributed by atoms with E-state index < -0.39 is 0 Å². The zero-order chi connectivity index (χ0) is 19.0. The minimum absolute atomic E-state index is 0.561. The average molecular weight is 394 g/mol. The number of thiol groups is 1. The molecule has 0 radical (unpaired) electrons. The summed E-state index contributed by atoms with van der Waals surface area (Å²) in [6, 6.07) is 6.62. The largest absolute Gasteiger partial charge is 0.341 e. The van der Waals surface area contributed by atoms with Crippen molar-refractivity contribution in [2.45, 2.75) is 104 Å². The highest BCUT2D eigenvalue weighted by molar-refractivity contribution is 8.11. The third kappa shape index (κ3) is 10.6. The van der Waals surface area contributed by atoms with E-state index in [4.69, 9.17) is 12.2 Å². The molecule has 1 rings (SSSR count). The first-order valence-electron chi connectivity index (χ1n) is 10.8. The van der Waals surface area contributed by atoms with Crippen molar-refractivity contribution >= 4 is 34.9 Å². The topological polar surface area (TPSA) is 12.0 Å². The predicted octanol–water partition coefficient (Wildman–Crippen LogP) is 8.12. The summed E-state index contributed by atoms with van der Waals surface area (Å²) < 4.78 is 0.561. The molecule has 26 heavy (non-hydrogen) atoms. The van der Waals surface area contributed by atoms with Gasteiger partial charge in [0.25, 0.3) is 0 Å². The number of rotatable bonds is 15. The molecule has 0 unspecified atom stereocenters. The summed E-state index contributed by atoms with van der Waals surface area (Å²) in [7, 11) is 0. The Kier molecular flexibility index (Phi) is 14.0. The molecule has 0 bridgehead atoms. The van der Waals surface area contributed by atoms with Crippen molar-refractivity contribution in [3.8, 4) is 0 Å². The van der Waals surface area contributed by atoms with Gasteiger partial charge in [0.05, 0.1) is 0 Å². The van der Waals surface area contributed by atoms with E-state index in [-0.39, 0.29) is 0 Å². The Morgan fingerprint density at radius 1 is 0.808 bits per heavy atom. The maximum atomic E-state index is 5.16. The number of unbranched alkanes of at least 4 members (excludes halogenated alkanes) is 10. The Hall–Kier alpha value is -0.540. The number of anilines is 1. The molecule has 0 fully saturated rings. The van der Waals surface area contributed by atoms with Crippen molar-refractivity contribution in [3.63, 3.8) is 0 Å². The number of nitrogens with one attached hydrogen (secondary N) is 1. The second-order valence-electron chi connectivity index (χ2n) is 7.41. The minimum atomic E-state index is 0.561. The molecule has 0 saturated heterocycles. The second kappa shape index (κ2) is 15.5. The van der Waals surface area contributed by atoms with Crippen LogP contribution in [0.25, 0.3) is 0 Å². The van der Waals surface area contributed by atoms with Crippen molar-refractivity contribution in [3.05, 3.63) is 29.3 Å². The first kappa shape index (κ1) is 23.5. The van der Waals surface area contributed by atoms with Gasteiger partial charge in [-0.1, -0.05) is 102 Å². The van der Waals surface area contributed by atoms with E-state index in [0.717, 1.165) is 6.42 Å². The van der Waals surface area contributed by atoms with Crippen molar-refractivity contribution < 1.29 is 0 Å². The second-order valence-corrected chi connectivity index (χ2v) is 8.57. The number of thiocarbonyl (C=S) groups is 1. The Morgan fingerprint density at radius 3 is 1.92 bits per heavy atom. The Morgan fingerprint density at radius 2 is 1.35 bits per heavy atom. The third-order valence-corrected chi connectivity index (χ3v) is 5.31. The van der Waals surface area contributed by atoms with Crippen molar-refractivity contribution in [2.75, 3.05) is 5.32 Å². The first-order chi connectivity index (χ1) is 12.7. The molecule has 1 aromatic rings. The molecule has 0 aliphatic carbocycles. The monoisotopic (exact) mass is 393 g/mol. The van der Waals surface area contributed by atoms with E-state index >= 15 is 0 Å². The minimum Gasteiger partial charge on any atom is -0.341 e. The van der Waals surface area contributed by atoms with Gasteiger partial charge in [-0.2, -0.15) is 0 Å². The summed E-state index contributed by atoms with van der Waals surface area (Å²) in [6.07, 6.45) is 18.5. The van der Waals surface area contributed by atoms with Gasteiger partial charge in [-0.25, -0.2) is 0 Å². The molecule has 3 heteroatoms. The van der Waals surface area contributed by atoms with Crippen LogP contribution < -0.4 is 5.32 Å². The van der Waals surface area contributed by atoms with Crippen LogP contribution in [0.5, 0.6) is 0 Å². The van der Waals surface area contributed by atoms with Gasteiger partial charge in [0.1, 0.15) is 4.32 Å². The van der Waals surface area contributed by atoms with Gasteiger partial charge in [0, 0.05) is 5.69 Å². The quantitative estimate of drug-likeness (QED) is 0.177. The van der Waals surface area contributed by atoms with Gasteiger partial charge in [0.2, 0.25) is 0 Å². The molecule has 1 nitrogen and oxygen atoms in total. The van der Waals surface area contributed by atoms with Crippen LogP contribution in [-0.4, -0.2) is 4.32 Å². The highest BCUT2D eigenvalue weighted by atomic mass is 32.1. The molecule has 0 atom stereocenters. The van der Waals surface area contributed by atoms with Gasteiger partial charge in [-0.15, -0.1) is 12.6 Å². The smallest absolute Gasteiger partial charge is 0.135 e. The lowest BCUT2D eigenvalue weighted by atomic mass is 9.95. The first-order valence-corrected chi connectivity index (χ1v) is 11.6. The summed E-state index contributed by atoms with van der Waals surface area (Å²) in [5.41, 5.74) is 4.14. The lowest BCUT2D eigenvalue weighted by Crippen LogP contribution is -2.07. The highest BCUT2D eigenvalue weighted by Crippen LogP contribution is 2.25. The molecule has 0 aliphatic heterocycles. The molecule has 0 amide bonds. The molecule has 0 heterocycles. The molecule has 1 aromatic carbocycles. The lowest BCUT2D eigenvalue weighted by molar-refractivity contribution is 0.599. The van der Waals surface area contributed by atoms with E-state index in [2.05, 4.69) is 50.0 Å². The predicted molar refractivity (Wildman–Crippen MR) is 126 cm³/mol. The molecule has 0 saturated carbocycles. The molecule has 148 valence electrons. The van der Waals surface area contributed by atoms with Crippen LogP contribution in [0.15, 0.2) is 18.2 Å². The van der Waals surface area contributed by atoms with Crippen LogP contribution in [0.1, 0.15) is 102 Å². The molecule has 0 spiro atoms. The van der Waals surface area contributed by atoms with Crippen LogP contribution in [0.4, 0.5) is 5.69 Å². The number of aryl methyl sites for hydroxylation is 1. The van der Waals surface area contributed by atoms with Gasteiger partial charge in [-0.05, 0) is 42.9 Å². The number of hydrogen-bond acceptors (Lipinski definition) is 1. The van der Waals surface area contributed by atoms with E-state index in [1.165, 1.54) is 100 Å². The SMILES string of the molecule is CCCCCCCCc1cccc(NC(=S)S)c1CCCCCCCC. The van der Waals surface area contributed by atoms with E-state index in [0.29, 0.717) is 4.32 Å². The van der Waals surface area contributed by atoms with Gasteiger partial charge < -0.3 is 5.32 Å². The van der Waals surface area contributed by atoms with E-state index in [1.54, 1.807) is 0 Å². The maximum Gasteiger partial charge on any atom is 0.135 e. The zero-order valence-electron chi connectivity index (χ0n) is 17.0. The van der Waals surface area contributed by atoms with Crippen LogP contribution >= 0.6 is 24.8 Å². The van der Waals surface area contributed by atoms with Gasteiger partial charge in [-0.3, -0.25) is 0 Å². The van der Waals surface area contributed by atoms with Crippen molar-refractivity contribution in [2.24, 2.45) is 0 Å². The van der Waals surface area contributed by atoms with Crippen molar-refractivity contribution in [1.29, 1.82) is 0 Å². The molecular formula is C23H39NS2. The fraction of sp³-hybridized carbons (Fsp3) is 0.696. The Balaban J connectivity index is 2.58. The molecule has 1 N–H and O–H groups in total. The standard InChI is InChI=1S/C23H39NS2/c1-3-5-7-9-11-13-16-20-17-15-19-22(24-23(25)26)21(20)18-14-12-10-8-6-4-2/h15,17,19H,3-14,16,18H2,1-2H3,(H2,24,25,26). The maximum absolute atomic E-state index is 5.16. The van der Waals surface area contributed by atoms with Crippen molar-refractivity contribution in [1.82, 2.24) is 0 Å². The molecule has 0 aromatic heterocycles. The van der Waals surface area contributed by atoms with Gasteiger partial charge in [0.15, 0.2) is 0 Å². The van der Waals surface area contributed by atoms with Crippen LogP contribution in [0.2, 0.25) is 0 Å². The normalized spacial score (nSPS) is 10.9. The van der Waals surface area contributed by atoms with Crippen LogP contribution in [0, 0.1) is 0 Å². The number of benzene rings is 1. The Labute approximate surface area is 173 Å². The van der Waals surface area contributed by atoms with Crippen LogP contribution in [-0.2, 0) is 12.8 Å². The van der Waals surface area contributed by atoms with E-state index in [9.17, 15) is 0 Å². The van der Waals surface area contributed by atoms with Crippen LogP contribution in [0.3, 0.4) is 0 Å². The van der Waals surface area contributed by atoms with E-state index in [1.807, 2.05) is 0 Å². The fourth-order valence-electron chi connectivity index (χ4n) is 3.57. The number of hydrogen-bond donors (Lipinski definition) is 2. The molecular weight excluding hydrogens is 354 g/mol. The summed E-state index contributed by atoms with van der Waals surface area (Å²) >= 11 is 9.44. The zero-order valence-corrected chi connectivity index (χ0v) is 18.7. The summed E-state index contributed by atoms with van der Waals surface area (Å²) in [4.78, 5) is 0. The average Bonchev–Trinajstić information content (AvgIpc) is 2.62. The fourth-order valence-corrected chi connectivity index (χ4v) is 3.80. The Bertz CT molecular complexity index is 499. The highest BCUT2D eigenvalue weighted by Gasteiger charge is 2.09. The summed E-state index contributed by atoms with van der Waals surface area (Å²) in [5.74, 6) is 0. The van der Waals surface area contributed by atoms with Gasteiger partial charge >= 0.3 is 0 Å². The lowest BCUT2D eigenvalue weighted by Gasteiger charge is -2.16.